The number of phenols is 2. The van der Waals surface area contributed by atoms with Crippen LogP contribution in [0.3, 0.4) is 0 Å². The fourth-order valence-corrected chi connectivity index (χ4v) is 3.39. The topological polar surface area (TPSA) is 97.7 Å². The molecule has 0 radical (unpaired) electrons. The molecule has 1 aliphatic heterocycles. The van der Waals surface area contributed by atoms with E-state index in [1.165, 1.54) is 12.1 Å². The van der Waals surface area contributed by atoms with E-state index in [4.69, 9.17) is 0 Å². The molecule has 6 nitrogen and oxygen atoms in total. The van der Waals surface area contributed by atoms with Gasteiger partial charge in [0.15, 0.2) is 11.5 Å². The van der Waals surface area contributed by atoms with E-state index in [2.05, 4.69) is 0 Å². The summed E-state index contributed by atoms with van der Waals surface area (Å²) in [5.41, 5.74) is 0.848. The van der Waals surface area contributed by atoms with E-state index < -0.39 is 10.1 Å². The maximum Gasteiger partial charge on any atom is 0.163 e. The van der Waals surface area contributed by atoms with Crippen molar-refractivity contribution in [3.8, 4) is 11.5 Å². The fraction of sp³-hybridized carbons (Fsp3) is 0.538. The Morgan fingerprint density at radius 3 is 2.35 bits per heavy atom. The van der Waals surface area contributed by atoms with Crippen molar-refractivity contribution in [3.05, 3.63) is 18.2 Å². The van der Waals surface area contributed by atoms with Gasteiger partial charge >= 0.3 is 0 Å². The molecule has 0 spiro atoms. The van der Waals surface area contributed by atoms with Crippen molar-refractivity contribution in [3.63, 3.8) is 0 Å². The molecule has 0 saturated carbocycles. The van der Waals surface area contributed by atoms with Gasteiger partial charge in [0.2, 0.25) is 0 Å². The fourth-order valence-electron chi connectivity index (χ4n) is 2.90. The Morgan fingerprint density at radius 1 is 1.15 bits per heavy atom. The van der Waals surface area contributed by atoms with Crippen molar-refractivity contribution >= 4 is 15.8 Å². The maximum absolute atomic E-state index is 10.7. The first-order valence-corrected chi connectivity index (χ1v) is 8.22. The highest BCUT2D eigenvalue weighted by molar-refractivity contribution is 7.85. The van der Waals surface area contributed by atoms with Crippen molar-refractivity contribution in [2.75, 3.05) is 25.4 Å². The predicted octanol–water partition coefficient (Wildman–Crippen LogP) is 1.13. The molecule has 0 unspecified atom stereocenters. The molecule has 20 heavy (non-hydrogen) atoms. The zero-order chi connectivity index (χ0) is 14.8. The summed E-state index contributed by atoms with van der Waals surface area (Å²) in [6, 6.07) is 4.70. The number of quaternary nitrogens is 1. The third-order valence-corrected chi connectivity index (χ3v) is 4.70. The summed E-state index contributed by atoms with van der Waals surface area (Å²) in [6.45, 7) is 2.25. The van der Waals surface area contributed by atoms with Crippen molar-refractivity contribution < 1.29 is 23.2 Å². The molecule has 1 aliphatic rings. The van der Waals surface area contributed by atoms with Crippen molar-refractivity contribution in [2.45, 2.75) is 19.3 Å². The molecule has 1 fully saturated rings. The Balaban J connectivity index is 2.18. The van der Waals surface area contributed by atoms with Crippen molar-refractivity contribution in [2.24, 2.45) is 0 Å². The molecular formula is C13H19NO5S. The number of benzene rings is 1. The first-order chi connectivity index (χ1) is 9.32. The highest BCUT2D eigenvalue weighted by Gasteiger charge is 2.34. The van der Waals surface area contributed by atoms with Crippen LogP contribution >= 0.6 is 0 Å². The second kappa shape index (κ2) is 5.59. The van der Waals surface area contributed by atoms with Gasteiger partial charge in [-0.15, -0.1) is 0 Å². The molecule has 1 saturated heterocycles. The average Bonchev–Trinajstić information content (AvgIpc) is 2.81. The Labute approximate surface area is 118 Å². The smallest absolute Gasteiger partial charge is 0.163 e. The minimum Gasteiger partial charge on any atom is -0.748 e. The number of rotatable bonds is 5. The Hall–Kier alpha value is -1.31. The molecule has 2 rings (SSSR count). The SMILES string of the molecule is O=S(=O)([O-])CCC[N+]1(c2ccc(O)c(O)c2)CCCC1. The van der Waals surface area contributed by atoms with E-state index in [0.29, 0.717) is 17.4 Å². The molecule has 0 atom stereocenters. The van der Waals surface area contributed by atoms with Gasteiger partial charge in [0, 0.05) is 37.1 Å². The Bertz CT molecular complexity index is 578. The quantitative estimate of drug-likeness (QED) is 0.483. The second-order valence-corrected chi connectivity index (χ2v) is 6.84. The van der Waals surface area contributed by atoms with Crippen molar-refractivity contribution in [1.29, 1.82) is 0 Å². The van der Waals surface area contributed by atoms with Gasteiger partial charge in [0.05, 0.1) is 29.8 Å². The standard InChI is InChI=1S/C13H19NO5S/c15-12-5-4-11(10-13(12)16)14(6-1-2-7-14)8-3-9-20(17,18)19/h4-5,10H,1-3,6-9H2,(H2-,15,16,17,18,19). The summed E-state index contributed by atoms with van der Waals surface area (Å²) in [4.78, 5) is 0. The van der Waals surface area contributed by atoms with Crippen molar-refractivity contribution in [1.82, 2.24) is 4.48 Å². The van der Waals surface area contributed by atoms with E-state index >= 15 is 0 Å². The lowest BCUT2D eigenvalue weighted by atomic mass is 10.2. The number of nitrogens with zero attached hydrogens (tertiary/aromatic N) is 1. The maximum atomic E-state index is 10.7. The highest BCUT2D eigenvalue weighted by Crippen LogP contribution is 2.36. The van der Waals surface area contributed by atoms with Gasteiger partial charge in [-0.3, -0.25) is 4.48 Å². The predicted molar refractivity (Wildman–Crippen MR) is 74.6 cm³/mol. The molecule has 2 N–H and O–H groups in total. The molecule has 0 aliphatic carbocycles. The molecule has 1 heterocycles. The lowest BCUT2D eigenvalue weighted by Gasteiger charge is -2.34. The summed E-state index contributed by atoms with van der Waals surface area (Å²) in [5.74, 6) is -0.714. The van der Waals surface area contributed by atoms with E-state index in [1.54, 1.807) is 6.07 Å². The zero-order valence-electron chi connectivity index (χ0n) is 11.2. The molecule has 0 amide bonds. The van der Waals surface area contributed by atoms with Crippen LogP contribution in [0.1, 0.15) is 19.3 Å². The third kappa shape index (κ3) is 3.41. The molecular weight excluding hydrogens is 282 g/mol. The van der Waals surface area contributed by atoms with Crippen LogP contribution in [0.2, 0.25) is 0 Å². The molecule has 112 valence electrons. The number of phenolic OH excluding ortho intramolecular Hbond substituents is 2. The van der Waals surface area contributed by atoms with Gasteiger partial charge in [0.25, 0.3) is 0 Å². The third-order valence-electron chi connectivity index (χ3n) is 3.91. The summed E-state index contributed by atoms with van der Waals surface area (Å²) in [6.07, 6.45) is 2.34. The van der Waals surface area contributed by atoms with E-state index in [1.807, 2.05) is 0 Å². The second-order valence-electron chi connectivity index (χ2n) is 5.31. The summed E-state index contributed by atoms with van der Waals surface area (Å²) >= 11 is 0. The number of hydrogen-bond acceptors (Lipinski definition) is 5. The number of likely N-dealkylation sites (tertiary alicyclic amines) is 1. The molecule has 0 bridgehead atoms. The first-order valence-electron chi connectivity index (χ1n) is 6.65. The van der Waals surface area contributed by atoms with Gasteiger partial charge in [-0.25, -0.2) is 8.42 Å². The molecule has 1 aromatic carbocycles. The van der Waals surface area contributed by atoms with Crippen LogP contribution in [0.15, 0.2) is 18.2 Å². The largest absolute Gasteiger partial charge is 0.748 e. The van der Waals surface area contributed by atoms with E-state index in [0.717, 1.165) is 31.6 Å². The van der Waals surface area contributed by atoms with Gasteiger partial charge in [0.1, 0.15) is 5.69 Å². The average molecular weight is 301 g/mol. The minimum atomic E-state index is -4.19. The Kier molecular flexibility index (Phi) is 4.22. The van der Waals surface area contributed by atoms with Crippen LogP contribution in [-0.2, 0) is 10.1 Å². The molecule has 1 aromatic rings. The highest BCUT2D eigenvalue weighted by atomic mass is 32.2. The van der Waals surface area contributed by atoms with Gasteiger partial charge in [-0.05, 0) is 6.07 Å². The molecule has 0 aromatic heterocycles. The first kappa shape index (κ1) is 15.1. The number of aromatic hydroxyl groups is 2. The van der Waals surface area contributed by atoms with Gasteiger partial charge < -0.3 is 14.8 Å². The minimum absolute atomic E-state index is 0.173. The number of hydrogen-bond donors (Lipinski definition) is 2. The monoisotopic (exact) mass is 301 g/mol. The van der Waals surface area contributed by atoms with E-state index in [-0.39, 0.29) is 17.3 Å². The lowest BCUT2D eigenvalue weighted by molar-refractivity contribution is 0.328. The van der Waals surface area contributed by atoms with Crippen LogP contribution in [0, 0.1) is 0 Å². The Morgan fingerprint density at radius 2 is 1.80 bits per heavy atom. The van der Waals surface area contributed by atoms with Crippen LogP contribution in [0.4, 0.5) is 5.69 Å². The van der Waals surface area contributed by atoms with E-state index in [9.17, 15) is 23.2 Å². The van der Waals surface area contributed by atoms with Crippen LogP contribution in [0.25, 0.3) is 0 Å². The van der Waals surface area contributed by atoms with Crippen LogP contribution in [-0.4, -0.2) is 48.6 Å². The summed E-state index contributed by atoms with van der Waals surface area (Å²) < 4.78 is 32.7. The van der Waals surface area contributed by atoms with Crippen LogP contribution < -0.4 is 4.48 Å². The van der Waals surface area contributed by atoms with Crippen LogP contribution in [0.5, 0.6) is 11.5 Å². The summed E-state index contributed by atoms with van der Waals surface area (Å²) in [5, 5.41) is 19.0. The van der Waals surface area contributed by atoms with Gasteiger partial charge in [-0.2, -0.15) is 0 Å². The van der Waals surface area contributed by atoms with Gasteiger partial charge in [-0.1, -0.05) is 0 Å². The molecule has 7 heteroatoms. The lowest BCUT2D eigenvalue weighted by Crippen LogP contribution is -2.47. The normalized spacial score (nSPS) is 18.2. The summed E-state index contributed by atoms with van der Waals surface area (Å²) in [7, 11) is -4.19. The zero-order valence-corrected chi connectivity index (χ0v) is 12.0.